The van der Waals surface area contributed by atoms with Crippen LogP contribution in [0.5, 0.6) is 0 Å². The summed E-state index contributed by atoms with van der Waals surface area (Å²) >= 11 is 5.99. The van der Waals surface area contributed by atoms with Crippen LogP contribution in [0.25, 0.3) is 0 Å². The molecule has 1 N–H and O–H groups in total. The third kappa shape index (κ3) is 4.68. The van der Waals surface area contributed by atoms with Crippen molar-refractivity contribution in [3.05, 3.63) is 68.7 Å². The maximum Gasteiger partial charge on any atom is 0.293 e. The van der Waals surface area contributed by atoms with Gasteiger partial charge in [-0.25, -0.2) is 0 Å². The zero-order chi connectivity index (χ0) is 22.7. The Morgan fingerprint density at radius 1 is 0.875 bits per heavy atom. The minimum absolute atomic E-state index is 0.0967. The van der Waals surface area contributed by atoms with E-state index in [-0.39, 0.29) is 17.5 Å². The monoisotopic (exact) mass is 457 g/mol. The number of nitrogens with zero attached hydrogens (tertiary/aromatic N) is 4. The van der Waals surface area contributed by atoms with Gasteiger partial charge in [0.2, 0.25) is 0 Å². The zero-order valence-corrected chi connectivity index (χ0v) is 18.3. The van der Waals surface area contributed by atoms with Gasteiger partial charge in [0.15, 0.2) is 0 Å². The van der Waals surface area contributed by atoms with Crippen LogP contribution in [0.2, 0.25) is 5.02 Å². The molecular weight excluding hydrogens is 434 g/mol. The molecule has 0 aromatic heterocycles. The fourth-order valence-electron chi connectivity index (χ4n) is 4.08. The smallest absolute Gasteiger partial charge is 0.293 e. The molecule has 2 aromatic rings. The van der Waals surface area contributed by atoms with Crippen molar-refractivity contribution >= 4 is 34.8 Å². The molecule has 2 heterocycles. The fourth-order valence-corrected chi connectivity index (χ4v) is 4.27. The quantitative estimate of drug-likeness (QED) is 0.558. The van der Waals surface area contributed by atoms with Gasteiger partial charge in [0.1, 0.15) is 5.69 Å². The van der Waals surface area contributed by atoms with E-state index >= 15 is 0 Å². The maximum atomic E-state index is 12.7. The molecule has 2 aliphatic heterocycles. The Kier molecular flexibility index (Phi) is 6.57. The van der Waals surface area contributed by atoms with Crippen molar-refractivity contribution in [3.63, 3.8) is 0 Å². The maximum absolute atomic E-state index is 12.7. The number of hydrogen-bond donors (Lipinski definition) is 1. The molecule has 0 radical (unpaired) electrons. The molecule has 0 unspecified atom stereocenters. The highest BCUT2D eigenvalue weighted by Gasteiger charge is 2.28. The molecule has 0 spiro atoms. The van der Waals surface area contributed by atoms with Gasteiger partial charge in [-0.05, 0) is 30.3 Å². The summed E-state index contributed by atoms with van der Waals surface area (Å²) in [5.74, 6) is -0.309. The van der Waals surface area contributed by atoms with Crippen molar-refractivity contribution in [3.8, 4) is 0 Å². The van der Waals surface area contributed by atoms with Crippen molar-refractivity contribution in [1.29, 1.82) is 0 Å². The average Bonchev–Trinajstić information content (AvgIpc) is 2.83. The first-order valence-corrected chi connectivity index (χ1v) is 10.9. The van der Waals surface area contributed by atoms with Crippen molar-refractivity contribution in [2.75, 3.05) is 57.3 Å². The number of piperazine rings is 2. The Bertz CT molecular complexity index is 1030. The van der Waals surface area contributed by atoms with Crippen LogP contribution in [-0.2, 0) is 0 Å². The van der Waals surface area contributed by atoms with Gasteiger partial charge in [0.05, 0.1) is 4.92 Å². The highest BCUT2D eigenvalue weighted by molar-refractivity contribution is 6.30. The molecular formula is C22H24ClN5O4. The van der Waals surface area contributed by atoms with E-state index in [1.807, 2.05) is 4.90 Å². The number of nitro groups is 1. The van der Waals surface area contributed by atoms with E-state index in [9.17, 15) is 19.7 Å². The molecule has 32 heavy (non-hydrogen) atoms. The number of carbonyl (C=O) groups excluding carboxylic acids is 2. The van der Waals surface area contributed by atoms with E-state index in [1.165, 1.54) is 6.07 Å². The van der Waals surface area contributed by atoms with Gasteiger partial charge in [-0.15, -0.1) is 0 Å². The molecule has 2 amide bonds. The minimum Gasteiger partial charge on any atom is -0.362 e. The molecule has 0 saturated carbocycles. The number of nitro benzene ring substituents is 1. The van der Waals surface area contributed by atoms with E-state index < -0.39 is 4.92 Å². The van der Waals surface area contributed by atoms with Gasteiger partial charge in [0.25, 0.3) is 17.5 Å². The molecule has 2 aromatic carbocycles. The predicted molar refractivity (Wildman–Crippen MR) is 121 cm³/mol. The first-order valence-electron chi connectivity index (χ1n) is 10.5. The summed E-state index contributed by atoms with van der Waals surface area (Å²) in [6, 6.07) is 11.5. The van der Waals surface area contributed by atoms with Crippen LogP contribution in [0.4, 0.5) is 11.4 Å². The number of amides is 2. The van der Waals surface area contributed by atoms with Gasteiger partial charge in [-0.3, -0.25) is 19.7 Å². The lowest BCUT2D eigenvalue weighted by Gasteiger charge is -2.36. The molecule has 10 heteroatoms. The van der Waals surface area contributed by atoms with Crippen molar-refractivity contribution in [2.24, 2.45) is 0 Å². The number of rotatable bonds is 4. The van der Waals surface area contributed by atoms with Gasteiger partial charge >= 0.3 is 0 Å². The first-order chi connectivity index (χ1) is 15.4. The predicted octanol–water partition coefficient (Wildman–Crippen LogP) is 2.26. The number of carbonyl (C=O) groups is 2. The summed E-state index contributed by atoms with van der Waals surface area (Å²) in [6.07, 6.45) is 0. The van der Waals surface area contributed by atoms with Crippen molar-refractivity contribution in [1.82, 2.24) is 15.1 Å². The van der Waals surface area contributed by atoms with Gasteiger partial charge in [-0.1, -0.05) is 17.7 Å². The van der Waals surface area contributed by atoms with Crippen LogP contribution in [0.3, 0.4) is 0 Å². The molecule has 2 aliphatic rings. The second kappa shape index (κ2) is 9.54. The summed E-state index contributed by atoms with van der Waals surface area (Å²) in [4.78, 5) is 42.1. The Labute approximate surface area is 190 Å². The van der Waals surface area contributed by atoms with E-state index in [0.717, 1.165) is 0 Å². The van der Waals surface area contributed by atoms with Crippen LogP contribution in [0.1, 0.15) is 20.7 Å². The summed E-state index contributed by atoms with van der Waals surface area (Å²) in [6.45, 7) is 4.37. The lowest BCUT2D eigenvalue weighted by molar-refractivity contribution is -0.384. The minimum atomic E-state index is -0.451. The lowest BCUT2D eigenvalue weighted by atomic mass is 10.1. The first kappa shape index (κ1) is 22.0. The standard InChI is InChI=1S/C22H24ClN5O4/c23-18-3-1-2-16(14-18)21(29)27-12-10-25(11-13-27)19-5-4-17(15-20(19)28(31)32)22(30)26-8-6-24-7-9-26/h1-5,14-15,24H,6-13H2. The van der Waals surface area contributed by atoms with Crippen molar-refractivity contribution in [2.45, 2.75) is 0 Å². The second-order valence-corrected chi connectivity index (χ2v) is 8.23. The summed E-state index contributed by atoms with van der Waals surface area (Å²) < 4.78 is 0. The highest BCUT2D eigenvalue weighted by atomic mass is 35.5. The number of hydrogen-bond acceptors (Lipinski definition) is 6. The molecule has 9 nitrogen and oxygen atoms in total. The highest BCUT2D eigenvalue weighted by Crippen LogP contribution is 2.31. The number of anilines is 1. The van der Waals surface area contributed by atoms with E-state index in [0.29, 0.717) is 74.2 Å². The summed E-state index contributed by atoms with van der Waals surface area (Å²) in [7, 11) is 0. The third-order valence-corrected chi connectivity index (χ3v) is 6.04. The van der Waals surface area contributed by atoms with Crippen molar-refractivity contribution < 1.29 is 14.5 Å². The van der Waals surface area contributed by atoms with E-state index in [4.69, 9.17) is 11.6 Å². The Morgan fingerprint density at radius 3 is 2.12 bits per heavy atom. The van der Waals surface area contributed by atoms with Gasteiger partial charge in [0, 0.05) is 74.6 Å². The van der Waals surface area contributed by atoms with E-state index in [2.05, 4.69) is 5.32 Å². The average molecular weight is 458 g/mol. The molecule has 0 aliphatic carbocycles. The molecule has 0 atom stereocenters. The van der Waals surface area contributed by atoms with E-state index in [1.54, 1.807) is 46.2 Å². The fraction of sp³-hybridized carbons (Fsp3) is 0.364. The zero-order valence-electron chi connectivity index (χ0n) is 17.5. The molecule has 0 bridgehead atoms. The summed E-state index contributed by atoms with van der Waals surface area (Å²) in [5.41, 5.74) is 1.20. The molecule has 2 saturated heterocycles. The Balaban J connectivity index is 1.47. The normalized spacial score (nSPS) is 16.7. The molecule has 4 rings (SSSR count). The summed E-state index contributed by atoms with van der Waals surface area (Å²) in [5, 5.41) is 15.5. The molecule has 2 fully saturated rings. The van der Waals surface area contributed by atoms with Gasteiger partial charge in [-0.2, -0.15) is 0 Å². The van der Waals surface area contributed by atoms with Crippen LogP contribution >= 0.6 is 11.6 Å². The van der Waals surface area contributed by atoms with Crippen LogP contribution < -0.4 is 10.2 Å². The second-order valence-electron chi connectivity index (χ2n) is 7.79. The van der Waals surface area contributed by atoms with Crippen LogP contribution in [-0.4, -0.2) is 78.9 Å². The number of nitrogens with one attached hydrogen (secondary N) is 1. The third-order valence-electron chi connectivity index (χ3n) is 5.80. The number of benzene rings is 2. The Morgan fingerprint density at radius 2 is 1.50 bits per heavy atom. The largest absolute Gasteiger partial charge is 0.362 e. The molecule has 168 valence electrons. The topological polar surface area (TPSA) is 99.0 Å². The number of halogens is 1. The van der Waals surface area contributed by atoms with Crippen LogP contribution in [0, 0.1) is 10.1 Å². The SMILES string of the molecule is O=C(c1ccc(N2CCN(C(=O)c3cccc(Cl)c3)CC2)c([N+](=O)[O-])c1)N1CCNCC1. The lowest BCUT2D eigenvalue weighted by Crippen LogP contribution is -2.49. The Hall–Kier alpha value is -3.17. The van der Waals surface area contributed by atoms with Gasteiger partial charge < -0.3 is 20.0 Å². The van der Waals surface area contributed by atoms with Crippen LogP contribution in [0.15, 0.2) is 42.5 Å².